The highest BCUT2D eigenvalue weighted by atomic mass is 16.5. The third-order valence-corrected chi connectivity index (χ3v) is 2.95. The van der Waals surface area contributed by atoms with Crippen molar-refractivity contribution in [2.24, 2.45) is 5.73 Å². The van der Waals surface area contributed by atoms with E-state index in [4.69, 9.17) is 10.5 Å². The largest absolute Gasteiger partial charge is 0.383 e. The molecule has 0 radical (unpaired) electrons. The van der Waals surface area contributed by atoms with Gasteiger partial charge in [-0.1, -0.05) is 23.8 Å². The number of ether oxygens (including phenoxy) is 1. The minimum absolute atomic E-state index is 0.100. The van der Waals surface area contributed by atoms with E-state index in [0.29, 0.717) is 6.54 Å². The van der Waals surface area contributed by atoms with E-state index >= 15 is 0 Å². The van der Waals surface area contributed by atoms with Crippen molar-refractivity contribution in [1.82, 2.24) is 4.90 Å². The van der Waals surface area contributed by atoms with Crippen LogP contribution in [0, 0.1) is 13.8 Å². The number of benzene rings is 1. The molecule has 0 saturated heterocycles. The first kappa shape index (κ1) is 14.7. The molecule has 1 atom stereocenters. The van der Waals surface area contributed by atoms with E-state index < -0.39 is 6.04 Å². The van der Waals surface area contributed by atoms with Crippen molar-refractivity contribution < 1.29 is 9.53 Å². The number of amides is 1. The van der Waals surface area contributed by atoms with Gasteiger partial charge in [0.25, 0.3) is 0 Å². The fraction of sp³-hybridized carbons (Fsp3) is 0.500. The predicted molar refractivity (Wildman–Crippen MR) is 72.2 cm³/mol. The third kappa shape index (κ3) is 3.82. The maximum Gasteiger partial charge on any atom is 0.241 e. The van der Waals surface area contributed by atoms with Gasteiger partial charge in [-0.25, -0.2) is 0 Å². The van der Waals surface area contributed by atoms with E-state index in [-0.39, 0.29) is 12.5 Å². The van der Waals surface area contributed by atoms with Crippen LogP contribution in [0.5, 0.6) is 0 Å². The molecule has 0 bridgehead atoms. The summed E-state index contributed by atoms with van der Waals surface area (Å²) in [7, 11) is 3.30. The van der Waals surface area contributed by atoms with Gasteiger partial charge in [0, 0.05) is 20.7 Å². The second-order valence-electron chi connectivity index (χ2n) is 4.69. The molecule has 1 rings (SSSR count). The molecule has 0 heterocycles. The van der Waals surface area contributed by atoms with Gasteiger partial charge in [-0.2, -0.15) is 0 Å². The Morgan fingerprint density at radius 3 is 2.67 bits per heavy atom. The van der Waals surface area contributed by atoms with Crippen molar-refractivity contribution in [3.63, 3.8) is 0 Å². The quantitative estimate of drug-likeness (QED) is 0.855. The number of aryl methyl sites for hydroxylation is 2. The zero-order chi connectivity index (χ0) is 13.7. The number of methoxy groups -OCH3 is 1. The molecule has 0 fully saturated rings. The summed E-state index contributed by atoms with van der Waals surface area (Å²) in [4.78, 5) is 13.6. The van der Waals surface area contributed by atoms with Gasteiger partial charge in [-0.05, 0) is 25.0 Å². The molecule has 0 spiro atoms. The number of rotatable bonds is 5. The van der Waals surface area contributed by atoms with Crippen molar-refractivity contribution in [3.8, 4) is 0 Å². The van der Waals surface area contributed by atoms with E-state index in [1.807, 2.05) is 0 Å². The molecule has 1 unspecified atom stereocenters. The smallest absolute Gasteiger partial charge is 0.241 e. The van der Waals surface area contributed by atoms with Crippen molar-refractivity contribution in [2.75, 3.05) is 20.8 Å². The van der Waals surface area contributed by atoms with Crippen LogP contribution in [-0.2, 0) is 16.1 Å². The number of carbonyl (C=O) groups is 1. The molecule has 1 aromatic rings. The summed E-state index contributed by atoms with van der Waals surface area (Å²) in [6.07, 6.45) is 0. The Bertz CT molecular complexity index is 418. The zero-order valence-corrected chi connectivity index (χ0v) is 11.6. The van der Waals surface area contributed by atoms with Gasteiger partial charge in [-0.3, -0.25) is 4.79 Å². The first-order chi connectivity index (χ1) is 8.45. The SMILES string of the molecule is COCC(N)C(=O)N(C)Cc1ccc(C)cc1C. The second kappa shape index (κ2) is 6.52. The molecule has 4 nitrogen and oxygen atoms in total. The van der Waals surface area contributed by atoms with Gasteiger partial charge in [0.1, 0.15) is 6.04 Å². The van der Waals surface area contributed by atoms with Crippen LogP contribution in [0.2, 0.25) is 0 Å². The average Bonchev–Trinajstić information content (AvgIpc) is 2.32. The van der Waals surface area contributed by atoms with E-state index in [1.54, 1.807) is 11.9 Å². The van der Waals surface area contributed by atoms with Gasteiger partial charge >= 0.3 is 0 Å². The van der Waals surface area contributed by atoms with Gasteiger partial charge in [0.15, 0.2) is 0 Å². The summed E-state index contributed by atoms with van der Waals surface area (Å²) in [5.74, 6) is -0.100. The van der Waals surface area contributed by atoms with Crippen LogP contribution in [0.3, 0.4) is 0 Å². The predicted octanol–water partition coefficient (Wildman–Crippen LogP) is 1.24. The summed E-state index contributed by atoms with van der Waals surface area (Å²) in [5, 5.41) is 0. The fourth-order valence-electron chi connectivity index (χ4n) is 1.89. The van der Waals surface area contributed by atoms with Crippen molar-refractivity contribution in [1.29, 1.82) is 0 Å². The minimum Gasteiger partial charge on any atom is -0.383 e. The van der Waals surface area contributed by atoms with Crippen LogP contribution in [-0.4, -0.2) is 37.6 Å². The molecule has 0 saturated carbocycles. The monoisotopic (exact) mass is 250 g/mol. The minimum atomic E-state index is -0.592. The van der Waals surface area contributed by atoms with Crippen LogP contribution in [0.1, 0.15) is 16.7 Å². The van der Waals surface area contributed by atoms with Crippen LogP contribution in [0.4, 0.5) is 0 Å². The molecular weight excluding hydrogens is 228 g/mol. The topological polar surface area (TPSA) is 55.6 Å². The fourth-order valence-corrected chi connectivity index (χ4v) is 1.89. The van der Waals surface area contributed by atoms with E-state index in [9.17, 15) is 4.79 Å². The molecular formula is C14H22N2O2. The molecule has 100 valence electrons. The Balaban J connectivity index is 2.69. The number of hydrogen-bond donors (Lipinski definition) is 1. The Hall–Kier alpha value is -1.39. The second-order valence-corrected chi connectivity index (χ2v) is 4.69. The Morgan fingerprint density at radius 1 is 1.44 bits per heavy atom. The van der Waals surface area contributed by atoms with Crippen LogP contribution < -0.4 is 5.73 Å². The number of nitrogens with zero attached hydrogens (tertiary/aromatic N) is 1. The maximum atomic E-state index is 11.9. The molecule has 18 heavy (non-hydrogen) atoms. The van der Waals surface area contributed by atoms with E-state index in [2.05, 4.69) is 32.0 Å². The summed E-state index contributed by atoms with van der Waals surface area (Å²) >= 11 is 0. The molecule has 1 aromatic carbocycles. The van der Waals surface area contributed by atoms with Gasteiger partial charge in [-0.15, -0.1) is 0 Å². The maximum absolute atomic E-state index is 11.9. The highest BCUT2D eigenvalue weighted by Crippen LogP contribution is 2.12. The van der Waals surface area contributed by atoms with Crippen LogP contribution >= 0.6 is 0 Å². The average molecular weight is 250 g/mol. The lowest BCUT2D eigenvalue weighted by Gasteiger charge is -2.22. The molecule has 0 aliphatic heterocycles. The van der Waals surface area contributed by atoms with Crippen molar-refractivity contribution >= 4 is 5.91 Å². The standard InChI is InChI=1S/C14H22N2O2/c1-10-5-6-12(11(2)7-10)8-16(3)14(17)13(15)9-18-4/h5-7,13H,8-9,15H2,1-4H3. The summed E-state index contributed by atoms with van der Waals surface area (Å²) < 4.78 is 4.89. The number of likely N-dealkylation sites (N-methyl/N-ethyl adjacent to an activating group) is 1. The molecule has 2 N–H and O–H groups in total. The van der Waals surface area contributed by atoms with Gasteiger partial charge < -0.3 is 15.4 Å². The Labute approximate surface area is 109 Å². The zero-order valence-electron chi connectivity index (χ0n) is 11.6. The van der Waals surface area contributed by atoms with Crippen molar-refractivity contribution in [3.05, 3.63) is 34.9 Å². The van der Waals surface area contributed by atoms with Crippen LogP contribution in [0.25, 0.3) is 0 Å². The van der Waals surface area contributed by atoms with Crippen LogP contribution in [0.15, 0.2) is 18.2 Å². The highest BCUT2D eigenvalue weighted by molar-refractivity contribution is 5.81. The molecule has 1 amide bonds. The molecule has 4 heteroatoms. The lowest BCUT2D eigenvalue weighted by molar-refractivity contribution is -0.132. The first-order valence-electron chi connectivity index (χ1n) is 6.01. The van der Waals surface area contributed by atoms with E-state index in [0.717, 1.165) is 5.56 Å². The lowest BCUT2D eigenvalue weighted by atomic mass is 10.1. The van der Waals surface area contributed by atoms with Gasteiger partial charge in [0.2, 0.25) is 5.91 Å². The molecule has 0 aliphatic rings. The summed E-state index contributed by atoms with van der Waals surface area (Å²) in [6.45, 7) is 4.92. The highest BCUT2D eigenvalue weighted by Gasteiger charge is 2.18. The summed E-state index contributed by atoms with van der Waals surface area (Å²) in [6, 6.07) is 5.63. The van der Waals surface area contributed by atoms with Gasteiger partial charge in [0.05, 0.1) is 6.61 Å². The van der Waals surface area contributed by atoms with E-state index in [1.165, 1.54) is 18.2 Å². The Kier molecular flexibility index (Phi) is 5.31. The summed E-state index contributed by atoms with van der Waals surface area (Å²) in [5.41, 5.74) is 9.28. The molecule has 0 aromatic heterocycles. The normalized spacial score (nSPS) is 12.3. The number of nitrogens with two attached hydrogens (primary N) is 1. The Morgan fingerprint density at radius 2 is 2.11 bits per heavy atom. The lowest BCUT2D eigenvalue weighted by Crippen LogP contribution is -2.44. The number of hydrogen-bond acceptors (Lipinski definition) is 3. The van der Waals surface area contributed by atoms with Crippen molar-refractivity contribution in [2.45, 2.75) is 26.4 Å². The first-order valence-corrected chi connectivity index (χ1v) is 6.01. The molecule has 0 aliphatic carbocycles. The number of carbonyl (C=O) groups excluding carboxylic acids is 1. The third-order valence-electron chi connectivity index (χ3n) is 2.95.